The molecule has 22 heavy (non-hydrogen) atoms. The van der Waals surface area contributed by atoms with Gasteiger partial charge in [-0.15, -0.1) is 0 Å². The second-order valence-corrected chi connectivity index (χ2v) is 6.53. The van der Waals surface area contributed by atoms with Crippen LogP contribution in [0.2, 0.25) is 5.02 Å². The zero-order valence-corrected chi connectivity index (χ0v) is 14.4. The Kier molecular flexibility index (Phi) is 5.70. The highest BCUT2D eigenvalue weighted by molar-refractivity contribution is 6.34. The van der Waals surface area contributed by atoms with Crippen molar-refractivity contribution in [2.45, 2.75) is 58.8 Å². The Morgan fingerprint density at radius 1 is 1.18 bits per heavy atom. The van der Waals surface area contributed by atoms with Crippen LogP contribution >= 0.6 is 11.6 Å². The number of ether oxygens (including phenoxy) is 2. The summed E-state index contributed by atoms with van der Waals surface area (Å²) in [4.78, 5) is 12.6. The quantitative estimate of drug-likeness (QED) is 0.807. The van der Waals surface area contributed by atoms with Crippen LogP contribution in [0.15, 0.2) is 12.1 Å². The van der Waals surface area contributed by atoms with E-state index in [4.69, 9.17) is 21.1 Å². The zero-order chi connectivity index (χ0) is 16.3. The molecule has 0 saturated carbocycles. The summed E-state index contributed by atoms with van der Waals surface area (Å²) < 4.78 is 11.5. The van der Waals surface area contributed by atoms with Gasteiger partial charge in [0.25, 0.3) is 0 Å². The molecule has 0 radical (unpaired) electrons. The van der Waals surface area contributed by atoms with Gasteiger partial charge in [0.15, 0.2) is 17.3 Å². The molecule has 1 aromatic carbocycles. The smallest absolute Gasteiger partial charge is 0.181 e. The molecule has 1 heterocycles. The van der Waals surface area contributed by atoms with Gasteiger partial charge in [-0.2, -0.15) is 0 Å². The van der Waals surface area contributed by atoms with Crippen LogP contribution in [0.3, 0.4) is 0 Å². The van der Waals surface area contributed by atoms with E-state index >= 15 is 0 Å². The lowest BCUT2D eigenvalue weighted by Gasteiger charge is -2.19. The van der Waals surface area contributed by atoms with Gasteiger partial charge < -0.3 is 14.8 Å². The van der Waals surface area contributed by atoms with Crippen molar-refractivity contribution in [2.75, 3.05) is 6.54 Å². The highest BCUT2D eigenvalue weighted by Crippen LogP contribution is 2.36. The fourth-order valence-corrected chi connectivity index (χ4v) is 2.76. The first-order valence-corrected chi connectivity index (χ1v) is 8.20. The summed E-state index contributed by atoms with van der Waals surface area (Å²) >= 11 is 6.31. The van der Waals surface area contributed by atoms with Crippen LogP contribution < -0.4 is 14.8 Å². The topological polar surface area (TPSA) is 47.6 Å². The maximum Gasteiger partial charge on any atom is 0.181 e. The number of rotatable bonds is 6. The van der Waals surface area contributed by atoms with Gasteiger partial charge in [-0.25, -0.2) is 0 Å². The number of halogens is 1. The van der Waals surface area contributed by atoms with Crippen molar-refractivity contribution < 1.29 is 14.3 Å². The second-order valence-electron chi connectivity index (χ2n) is 6.13. The monoisotopic (exact) mass is 325 g/mol. The molecule has 4 nitrogen and oxygen atoms in total. The van der Waals surface area contributed by atoms with Crippen LogP contribution in [0.25, 0.3) is 0 Å². The third-order valence-electron chi connectivity index (χ3n) is 3.40. The third-order valence-corrected chi connectivity index (χ3v) is 3.71. The molecule has 0 aromatic heterocycles. The summed E-state index contributed by atoms with van der Waals surface area (Å²) in [5, 5.41) is 3.62. The first-order chi connectivity index (χ1) is 10.4. The SMILES string of the molecule is CC(C)Oc1cc(Cl)c(C(=O)C2CCCN2)cc1OC(C)C. The lowest BCUT2D eigenvalue weighted by molar-refractivity contribution is 0.0951. The van der Waals surface area contributed by atoms with Crippen LogP contribution in [-0.2, 0) is 0 Å². The van der Waals surface area contributed by atoms with E-state index in [0.717, 1.165) is 19.4 Å². The Morgan fingerprint density at radius 3 is 2.27 bits per heavy atom. The normalized spacial score (nSPS) is 18.0. The van der Waals surface area contributed by atoms with E-state index in [0.29, 0.717) is 22.1 Å². The molecule has 122 valence electrons. The van der Waals surface area contributed by atoms with Crippen LogP contribution in [0, 0.1) is 0 Å². The van der Waals surface area contributed by atoms with Crippen molar-refractivity contribution in [3.05, 3.63) is 22.7 Å². The number of nitrogens with one attached hydrogen (secondary N) is 1. The van der Waals surface area contributed by atoms with Gasteiger partial charge >= 0.3 is 0 Å². The highest BCUT2D eigenvalue weighted by atomic mass is 35.5. The Bertz CT molecular complexity index is 537. The lowest BCUT2D eigenvalue weighted by Crippen LogP contribution is -2.31. The molecule has 1 unspecified atom stereocenters. The zero-order valence-electron chi connectivity index (χ0n) is 13.6. The molecule has 0 aliphatic carbocycles. The minimum atomic E-state index is -0.152. The van der Waals surface area contributed by atoms with Crippen molar-refractivity contribution in [1.82, 2.24) is 5.32 Å². The molecule has 1 fully saturated rings. The van der Waals surface area contributed by atoms with Gasteiger partial charge in [0.2, 0.25) is 0 Å². The first-order valence-electron chi connectivity index (χ1n) is 7.83. The van der Waals surface area contributed by atoms with Crippen molar-refractivity contribution >= 4 is 17.4 Å². The predicted molar refractivity (Wildman–Crippen MR) is 88.3 cm³/mol. The van der Waals surface area contributed by atoms with Crippen molar-refractivity contribution in [3.8, 4) is 11.5 Å². The summed E-state index contributed by atoms with van der Waals surface area (Å²) in [6.07, 6.45) is 1.85. The van der Waals surface area contributed by atoms with E-state index < -0.39 is 0 Å². The van der Waals surface area contributed by atoms with Crippen molar-refractivity contribution in [1.29, 1.82) is 0 Å². The average molecular weight is 326 g/mol. The van der Waals surface area contributed by atoms with E-state index in [1.807, 2.05) is 27.7 Å². The van der Waals surface area contributed by atoms with E-state index in [1.54, 1.807) is 12.1 Å². The van der Waals surface area contributed by atoms with Crippen molar-refractivity contribution in [3.63, 3.8) is 0 Å². The van der Waals surface area contributed by atoms with E-state index in [1.165, 1.54) is 0 Å². The number of carbonyl (C=O) groups excluding carboxylic acids is 1. The fraction of sp³-hybridized carbons (Fsp3) is 0.588. The number of ketones is 1. The van der Waals surface area contributed by atoms with Crippen LogP contribution in [0.1, 0.15) is 50.9 Å². The molecule has 1 saturated heterocycles. The van der Waals surface area contributed by atoms with Crippen molar-refractivity contribution in [2.24, 2.45) is 0 Å². The largest absolute Gasteiger partial charge is 0.487 e. The lowest BCUT2D eigenvalue weighted by atomic mass is 10.0. The maximum atomic E-state index is 12.6. The first kappa shape index (κ1) is 17.1. The molecule has 0 amide bonds. The molecule has 0 spiro atoms. The molecule has 1 N–H and O–H groups in total. The van der Waals surface area contributed by atoms with Gasteiger partial charge in [0.05, 0.1) is 23.3 Å². The average Bonchev–Trinajstić information content (AvgIpc) is 2.93. The minimum Gasteiger partial charge on any atom is -0.487 e. The summed E-state index contributed by atoms with van der Waals surface area (Å²) in [6.45, 7) is 8.63. The van der Waals surface area contributed by atoms with Crippen LogP contribution in [-0.4, -0.2) is 30.6 Å². The van der Waals surface area contributed by atoms with Gasteiger partial charge in [0.1, 0.15) is 0 Å². The standard InChI is InChI=1S/C17H24ClNO3/c1-10(2)21-15-8-12(17(20)14-6-5-7-19-14)13(18)9-16(15)22-11(3)4/h8-11,14,19H,5-7H2,1-4H3. The van der Waals surface area contributed by atoms with Gasteiger partial charge in [0, 0.05) is 11.6 Å². The van der Waals surface area contributed by atoms with Gasteiger partial charge in [-0.05, 0) is 53.1 Å². The number of benzene rings is 1. The summed E-state index contributed by atoms with van der Waals surface area (Å²) in [6, 6.07) is 3.24. The molecule has 1 atom stereocenters. The summed E-state index contributed by atoms with van der Waals surface area (Å²) in [7, 11) is 0. The Morgan fingerprint density at radius 2 is 1.77 bits per heavy atom. The van der Waals surface area contributed by atoms with E-state index in [2.05, 4.69) is 5.32 Å². The number of Topliss-reactive ketones (excluding diaryl/α,β-unsaturated/α-hetero) is 1. The number of hydrogen-bond acceptors (Lipinski definition) is 4. The third kappa shape index (κ3) is 4.14. The Balaban J connectivity index is 2.35. The summed E-state index contributed by atoms with van der Waals surface area (Å²) in [5.74, 6) is 1.16. The van der Waals surface area contributed by atoms with Crippen LogP contribution in [0.5, 0.6) is 11.5 Å². The van der Waals surface area contributed by atoms with Gasteiger partial charge in [-0.1, -0.05) is 11.6 Å². The molecular weight excluding hydrogens is 302 g/mol. The molecule has 1 aliphatic heterocycles. The summed E-state index contributed by atoms with van der Waals surface area (Å²) in [5.41, 5.74) is 0.493. The molecule has 0 bridgehead atoms. The molecule has 1 aromatic rings. The molecule has 2 rings (SSSR count). The molecular formula is C17H24ClNO3. The molecule has 5 heteroatoms. The molecule has 1 aliphatic rings. The van der Waals surface area contributed by atoms with E-state index in [-0.39, 0.29) is 24.0 Å². The number of carbonyl (C=O) groups is 1. The highest BCUT2D eigenvalue weighted by Gasteiger charge is 2.26. The second kappa shape index (κ2) is 7.34. The Labute approximate surface area is 137 Å². The Hall–Kier alpha value is -1.26. The fourth-order valence-electron chi connectivity index (χ4n) is 2.51. The minimum absolute atomic E-state index is 0.00336. The maximum absolute atomic E-state index is 12.6. The number of hydrogen-bond donors (Lipinski definition) is 1. The van der Waals surface area contributed by atoms with Gasteiger partial charge in [-0.3, -0.25) is 4.79 Å². The van der Waals surface area contributed by atoms with Crippen LogP contribution in [0.4, 0.5) is 0 Å². The van der Waals surface area contributed by atoms with E-state index in [9.17, 15) is 4.79 Å². The predicted octanol–water partition coefficient (Wildman–Crippen LogP) is 3.85.